The van der Waals surface area contributed by atoms with E-state index in [1.807, 2.05) is 18.0 Å². The van der Waals surface area contributed by atoms with Crippen molar-refractivity contribution in [3.63, 3.8) is 0 Å². The Morgan fingerprint density at radius 3 is 2.40 bits per heavy atom. The fraction of sp³-hybridized carbons (Fsp3) is 0.885. The van der Waals surface area contributed by atoms with Crippen molar-refractivity contribution in [2.24, 2.45) is 41.4 Å². The first-order valence-electron chi connectivity index (χ1n) is 26.7. The molecule has 13 heteroatoms. The van der Waals surface area contributed by atoms with Crippen molar-refractivity contribution in [1.82, 2.24) is 31.1 Å². The van der Waals surface area contributed by atoms with Crippen molar-refractivity contribution in [3.05, 3.63) is 12.2 Å². The van der Waals surface area contributed by atoms with Gasteiger partial charge < -0.3 is 45.6 Å². The number of methoxy groups -OCH3 is 1. The molecule has 0 bridgehead atoms. The fourth-order valence-corrected chi connectivity index (χ4v) is 13.7. The summed E-state index contributed by atoms with van der Waals surface area (Å²) in [6.07, 6.45) is 28.0. The molecule has 65 heavy (non-hydrogen) atoms. The highest BCUT2D eigenvalue weighted by Crippen LogP contribution is 2.40. The van der Waals surface area contributed by atoms with Gasteiger partial charge in [-0.25, -0.2) is 4.79 Å². The lowest BCUT2D eigenvalue weighted by atomic mass is 9.71. The molecule has 0 radical (unpaired) electrons. The van der Waals surface area contributed by atoms with Gasteiger partial charge in [-0.15, -0.1) is 0 Å². The van der Waals surface area contributed by atoms with Gasteiger partial charge in [0.2, 0.25) is 17.7 Å². The Morgan fingerprint density at radius 2 is 1.63 bits per heavy atom. The highest BCUT2D eigenvalue weighted by molar-refractivity contribution is 5.88. The van der Waals surface area contributed by atoms with Gasteiger partial charge in [0, 0.05) is 77.2 Å². The number of aliphatic hydroxyl groups is 1. The Morgan fingerprint density at radius 1 is 0.892 bits per heavy atom. The third kappa shape index (κ3) is 14.6. The van der Waals surface area contributed by atoms with Gasteiger partial charge in [-0.1, -0.05) is 51.0 Å². The molecular formula is C52H88N6O7. The number of ether oxygens (including phenoxy) is 2. The minimum Gasteiger partial charge on any atom is -0.446 e. The number of hydrogen-bond donors (Lipinski definition) is 5. The molecule has 5 N–H and O–H groups in total. The molecule has 2 heterocycles. The van der Waals surface area contributed by atoms with Crippen LogP contribution in [0.5, 0.6) is 0 Å². The Bertz CT molecular complexity index is 1540. The number of alkyl carbamates (subject to hydrolysis) is 1. The van der Waals surface area contributed by atoms with Crippen LogP contribution in [-0.4, -0.2) is 128 Å². The monoisotopic (exact) mass is 909 g/mol. The molecule has 6 fully saturated rings. The average Bonchev–Trinajstić information content (AvgIpc) is 3.32. The van der Waals surface area contributed by atoms with Gasteiger partial charge in [0.15, 0.2) is 0 Å². The number of hydrogen-bond acceptors (Lipinski definition) is 9. The maximum absolute atomic E-state index is 13.3. The van der Waals surface area contributed by atoms with Crippen molar-refractivity contribution in [1.29, 1.82) is 0 Å². The second kappa shape index (κ2) is 25.0. The molecule has 10 unspecified atom stereocenters. The van der Waals surface area contributed by atoms with Gasteiger partial charge in [-0.2, -0.15) is 0 Å². The minimum absolute atomic E-state index is 0.0519. The van der Waals surface area contributed by atoms with Gasteiger partial charge in [-0.3, -0.25) is 14.4 Å². The molecule has 13 nitrogen and oxygen atoms in total. The molecule has 10 atom stereocenters. The van der Waals surface area contributed by atoms with Crippen molar-refractivity contribution in [3.8, 4) is 0 Å². The zero-order valence-corrected chi connectivity index (χ0v) is 40.5. The first kappa shape index (κ1) is 50.1. The second-order valence-electron chi connectivity index (χ2n) is 21.9. The third-order valence-corrected chi connectivity index (χ3v) is 17.6. The summed E-state index contributed by atoms with van der Waals surface area (Å²) >= 11 is 0. The first-order valence-corrected chi connectivity index (χ1v) is 26.7. The molecule has 0 spiro atoms. The second-order valence-corrected chi connectivity index (χ2v) is 21.9. The lowest BCUT2D eigenvalue weighted by Gasteiger charge is -2.42. The SMILES string of the molecule is COC1CCC(CC(C)NCCC2CCC(O)C3NC(=O)C=CC23)CC1CC(=O)NCC1CCC(N(C)C(=O)CCN2CCC(OC(=O)NC3CCCCC3C3CCCCC3)CC2)CC1. The van der Waals surface area contributed by atoms with E-state index < -0.39 is 6.10 Å². The standard InChI is InChI=1S/C52H88N6O7/c1-35(53-27-23-39-16-20-46(59)51-44(39)19-22-48(60)56-51)31-37-15-21-47(64-3)40(32-37)33-49(61)54-34-36-13-17-41(18-14-36)57(2)50(62)26-30-58-28-24-42(25-29-58)65-52(63)55-45-12-8-7-11-43(45)38-9-5-4-6-10-38/h19,22,35-47,51,53,59H,4-18,20-21,23-34H2,1-3H3,(H,54,61)(H,55,63)(H,56,60). The summed E-state index contributed by atoms with van der Waals surface area (Å²) in [6, 6.07) is 0.718. The molecule has 5 aliphatic carbocycles. The number of nitrogens with one attached hydrogen (secondary N) is 4. The number of carbonyl (C=O) groups is 4. The molecule has 1 saturated heterocycles. The molecule has 368 valence electrons. The summed E-state index contributed by atoms with van der Waals surface area (Å²) in [5.41, 5.74) is 0. The molecule has 0 aromatic rings. The predicted octanol–water partition coefficient (Wildman–Crippen LogP) is 6.86. The molecular weight excluding hydrogens is 821 g/mol. The van der Waals surface area contributed by atoms with E-state index in [4.69, 9.17) is 9.47 Å². The molecule has 2 aliphatic heterocycles. The summed E-state index contributed by atoms with van der Waals surface area (Å²) in [7, 11) is 3.75. The van der Waals surface area contributed by atoms with Gasteiger partial charge in [0.05, 0.1) is 18.2 Å². The van der Waals surface area contributed by atoms with E-state index in [2.05, 4.69) is 33.1 Å². The number of fused-ring (bicyclic) bond motifs is 1. The topological polar surface area (TPSA) is 162 Å². The number of likely N-dealkylation sites (tertiary alicyclic amines) is 1. The van der Waals surface area contributed by atoms with Crippen LogP contribution in [0.25, 0.3) is 0 Å². The number of carbonyl (C=O) groups excluding carboxylic acids is 4. The molecule has 7 rings (SSSR count). The van der Waals surface area contributed by atoms with Crippen LogP contribution in [0.4, 0.5) is 4.79 Å². The zero-order chi connectivity index (χ0) is 45.7. The maximum atomic E-state index is 13.3. The van der Waals surface area contributed by atoms with E-state index in [1.54, 1.807) is 13.2 Å². The highest BCUT2D eigenvalue weighted by Gasteiger charge is 2.40. The normalized spacial score (nSPS) is 34.5. The van der Waals surface area contributed by atoms with E-state index in [1.165, 1.54) is 51.4 Å². The highest BCUT2D eigenvalue weighted by atomic mass is 16.6. The summed E-state index contributed by atoms with van der Waals surface area (Å²) in [5, 5.41) is 23.8. The predicted molar refractivity (Wildman–Crippen MR) is 254 cm³/mol. The van der Waals surface area contributed by atoms with Crippen molar-refractivity contribution in [2.45, 2.75) is 204 Å². The lowest BCUT2D eigenvalue weighted by Crippen LogP contribution is -2.54. The van der Waals surface area contributed by atoms with E-state index in [0.717, 1.165) is 122 Å². The quantitative estimate of drug-likeness (QED) is 0.0990. The van der Waals surface area contributed by atoms with Crippen LogP contribution in [0, 0.1) is 41.4 Å². The summed E-state index contributed by atoms with van der Waals surface area (Å²) in [6.45, 7) is 6.33. The molecule has 5 saturated carbocycles. The number of amides is 4. The van der Waals surface area contributed by atoms with Crippen molar-refractivity contribution in [2.75, 3.05) is 46.9 Å². The van der Waals surface area contributed by atoms with E-state index in [0.29, 0.717) is 49.1 Å². The van der Waals surface area contributed by atoms with Crippen LogP contribution in [0.2, 0.25) is 0 Å². The minimum atomic E-state index is -0.466. The Labute approximate surface area is 391 Å². The lowest BCUT2D eigenvalue weighted by molar-refractivity contribution is -0.133. The Balaban J connectivity index is 0.732. The van der Waals surface area contributed by atoms with Crippen LogP contribution >= 0.6 is 0 Å². The van der Waals surface area contributed by atoms with Crippen molar-refractivity contribution < 1.29 is 33.8 Å². The van der Waals surface area contributed by atoms with Gasteiger partial charge in [0.25, 0.3) is 0 Å². The van der Waals surface area contributed by atoms with Crippen LogP contribution in [0.15, 0.2) is 12.2 Å². The number of piperidine rings is 1. The molecule has 0 aromatic carbocycles. The van der Waals surface area contributed by atoms with Gasteiger partial charge in [-0.05, 0) is 151 Å². The van der Waals surface area contributed by atoms with E-state index in [9.17, 15) is 24.3 Å². The Kier molecular flexibility index (Phi) is 19.3. The van der Waals surface area contributed by atoms with Crippen LogP contribution in [0.3, 0.4) is 0 Å². The van der Waals surface area contributed by atoms with E-state index in [-0.39, 0.29) is 66.0 Å². The average molecular weight is 909 g/mol. The molecule has 0 aromatic heterocycles. The van der Waals surface area contributed by atoms with Gasteiger partial charge >= 0.3 is 6.09 Å². The van der Waals surface area contributed by atoms with Crippen LogP contribution < -0.4 is 21.3 Å². The van der Waals surface area contributed by atoms with Crippen molar-refractivity contribution >= 4 is 23.8 Å². The molecule has 4 amide bonds. The fourth-order valence-electron chi connectivity index (χ4n) is 13.7. The summed E-state index contributed by atoms with van der Waals surface area (Å²) in [5.74, 6) is 3.45. The first-order chi connectivity index (χ1) is 31.5. The zero-order valence-electron chi connectivity index (χ0n) is 40.5. The van der Waals surface area contributed by atoms with Gasteiger partial charge in [0.1, 0.15) is 6.10 Å². The summed E-state index contributed by atoms with van der Waals surface area (Å²) < 4.78 is 11.9. The number of nitrogens with zero attached hydrogens (tertiary/aromatic N) is 2. The van der Waals surface area contributed by atoms with Crippen LogP contribution in [0.1, 0.15) is 161 Å². The summed E-state index contributed by atoms with van der Waals surface area (Å²) in [4.78, 5) is 55.9. The maximum Gasteiger partial charge on any atom is 0.407 e. The smallest absolute Gasteiger partial charge is 0.407 e. The van der Waals surface area contributed by atoms with E-state index >= 15 is 0 Å². The van der Waals surface area contributed by atoms with Crippen LogP contribution in [-0.2, 0) is 23.9 Å². The largest absolute Gasteiger partial charge is 0.446 e. The number of aliphatic hydroxyl groups excluding tert-OH is 1. The number of rotatable bonds is 18. The molecule has 7 aliphatic rings. The Hall–Kier alpha value is -2.74. The third-order valence-electron chi connectivity index (χ3n) is 17.6.